The highest BCUT2D eigenvalue weighted by Gasteiger charge is 2.00. The van der Waals surface area contributed by atoms with Crippen LogP contribution in [0, 0.1) is 0 Å². The van der Waals surface area contributed by atoms with Gasteiger partial charge in [-0.1, -0.05) is 30.4 Å². The molecule has 0 bridgehead atoms. The molecule has 1 aromatic rings. The first-order valence-electron chi connectivity index (χ1n) is 6.46. The summed E-state index contributed by atoms with van der Waals surface area (Å²) in [6.45, 7) is 10.1. The molecule has 0 heterocycles. The fourth-order valence-electron chi connectivity index (χ4n) is 1.57. The van der Waals surface area contributed by atoms with E-state index in [-0.39, 0.29) is 0 Å². The van der Waals surface area contributed by atoms with Crippen LogP contribution in [0.2, 0.25) is 0 Å². The van der Waals surface area contributed by atoms with Crippen LogP contribution in [0.1, 0.15) is 5.56 Å². The van der Waals surface area contributed by atoms with Crippen LogP contribution in [-0.2, 0) is 15.9 Å². The molecule has 0 amide bonds. The van der Waals surface area contributed by atoms with Crippen molar-refractivity contribution in [1.29, 1.82) is 0 Å². The molecule has 0 N–H and O–H groups in total. The number of benzene rings is 1. The van der Waals surface area contributed by atoms with E-state index in [1.54, 1.807) is 6.08 Å². The summed E-state index contributed by atoms with van der Waals surface area (Å²) in [4.78, 5) is 0. The average molecular weight is 262 g/mol. The summed E-state index contributed by atoms with van der Waals surface area (Å²) in [5, 5.41) is 0. The van der Waals surface area contributed by atoms with Crippen LogP contribution >= 0.6 is 0 Å². The maximum absolute atomic E-state index is 5.69. The molecule has 0 aliphatic carbocycles. The Labute approximate surface area is 115 Å². The minimum absolute atomic E-state index is 0.537. The lowest BCUT2D eigenvalue weighted by molar-refractivity contribution is 0.0448. The van der Waals surface area contributed by atoms with Crippen molar-refractivity contribution in [2.45, 2.75) is 6.42 Å². The smallest absolute Gasteiger partial charge is 0.122 e. The maximum Gasteiger partial charge on any atom is 0.122 e. The van der Waals surface area contributed by atoms with Crippen molar-refractivity contribution in [3.8, 4) is 5.75 Å². The number of allylic oxidation sites excluding steroid dienone is 1. The van der Waals surface area contributed by atoms with E-state index in [1.807, 2.05) is 30.3 Å². The summed E-state index contributed by atoms with van der Waals surface area (Å²) < 4.78 is 16.3. The molecule has 3 nitrogen and oxygen atoms in total. The van der Waals surface area contributed by atoms with Crippen LogP contribution in [0.5, 0.6) is 5.75 Å². The van der Waals surface area contributed by atoms with E-state index < -0.39 is 0 Å². The van der Waals surface area contributed by atoms with Crippen molar-refractivity contribution in [3.63, 3.8) is 0 Å². The normalized spacial score (nSPS) is 10.1. The van der Waals surface area contributed by atoms with Crippen LogP contribution in [0.3, 0.4) is 0 Å². The molecule has 3 heteroatoms. The van der Waals surface area contributed by atoms with Crippen LogP contribution in [0.4, 0.5) is 0 Å². The van der Waals surface area contributed by atoms with Crippen molar-refractivity contribution < 1.29 is 14.2 Å². The minimum Gasteiger partial charge on any atom is -0.491 e. The van der Waals surface area contributed by atoms with E-state index in [1.165, 1.54) is 0 Å². The number of ether oxygens (including phenoxy) is 3. The first-order chi connectivity index (χ1) is 9.38. The molecule has 0 spiro atoms. The predicted octanol–water partition coefficient (Wildman–Crippen LogP) is 3.01. The maximum atomic E-state index is 5.69. The molecule has 1 aromatic carbocycles. The number of hydrogen-bond donors (Lipinski definition) is 0. The van der Waals surface area contributed by atoms with Crippen molar-refractivity contribution in [1.82, 2.24) is 0 Å². The number of para-hydroxylation sites is 1. The van der Waals surface area contributed by atoms with E-state index in [0.29, 0.717) is 33.0 Å². The highest BCUT2D eigenvalue weighted by atomic mass is 16.5. The Bertz CT molecular complexity index is 374. The second-order valence-corrected chi connectivity index (χ2v) is 3.92. The van der Waals surface area contributed by atoms with E-state index >= 15 is 0 Å². The number of rotatable bonds is 11. The summed E-state index contributed by atoms with van der Waals surface area (Å²) in [6.07, 6.45) is 4.40. The standard InChI is InChI=1S/C16H22O3/c1-3-7-15-8-5-6-9-16(15)19-14-13-18-12-11-17-10-4-2/h3-6,8-9H,1-2,7,10-14H2. The van der Waals surface area contributed by atoms with E-state index in [0.717, 1.165) is 17.7 Å². The molecule has 0 aliphatic heterocycles. The van der Waals surface area contributed by atoms with Crippen molar-refractivity contribution >= 4 is 0 Å². The van der Waals surface area contributed by atoms with Gasteiger partial charge in [0.25, 0.3) is 0 Å². The molecule has 0 unspecified atom stereocenters. The van der Waals surface area contributed by atoms with Crippen molar-refractivity contribution in [3.05, 3.63) is 55.1 Å². The molecule has 0 aliphatic rings. The Kier molecular flexibility index (Phi) is 8.43. The van der Waals surface area contributed by atoms with Crippen LogP contribution < -0.4 is 4.74 Å². The summed E-state index contributed by atoms with van der Waals surface area (Å²) >= 11 is 0. The monoisotopic (exact) mass is 262 g/mol. The van der Waals surface area contributed by atoms with E-state index in [4.69, 9.17) is 14.2 Å². The van der Waals surface area contributed by atoms with Crippen molar-refractivity contribution in [2.75, 3.05) is 33.0 Å². The molecule has 19 heavy (non-hydrogen) atoms. The number of hydrogen-bond acceptors (Lipinski definition) is 3. The third-order valence-corrected chi connectivity index (χ3v) is 2.43. The van der Waals surface area contributed by atoms with Crippen molar-refractivity contribution in [2.24, 2.45) is 0 Å². The SMILES string of the molecule is C=CCOCCOCCOc1ccccc1CC=C. The fourth-order valence-corrected chi connectivity index (χ4v) is 1.57. The van der Waals surface area contributed by atoms with Crippen LogP contribution in [-0.4, -0.2) is 33.0 Å². The molecule has 104 valence electrons. The third-order valence-electron chi connectivity index (χ3n) is 2.43. The zero-order valence-corrected chi connectivity index (χ0v) is 11.3. The Balaban J connectivity index is 2.15. The van der Waals surface area contributed by atoms with Gasteiger partial charge in [-0.25, -0.2) is 0 Å². The first kappa shape index (κ1) is 15.5. The molecule has 0 saturated heterocycles. The molecule has 0 radical (unpaired) electrons. The van der Waals surface area contributed by atoms with E-state index in [2.05, 4.69) is 13.2 Å². The van der Waals surface area contributed by atoms with Crippen LogP contribution in [0.25, 0.3) is 0 Å². The zero-order chi connectivity index (χ0) is 13.8. The molecule has 1 rings (SSSR count). The topological polar surface area (TPSA) is 27.7 Å². The minimum atomic E-state index is 0.537. The van der Waals surface area contributed by atoms with E-state index in [9.17, 15) is 0 Å². The molecule has 0 aromatic heterocycles. The van der Waals surface area contributed by atoms with Gasteiger partial charge in [-0.15, -0.1) is 13.2 Å². The highest BCUT2D eigenvalue weighted by Crippen LogP contribution is 2.18. The van der Waals surface area contributed by atoms with Gasteiger partial charge in [0.05, 0.1) is 26.4 Å². The lowest BCUT2D eigenvalue weighted by Crippen LogP contribution is -2.11. The largest absolute Gasteiger partial charge is 0.491 e. The van der Waals surface area contributed by atoms with Gasteiger partial charge in [0.2, 0.25) is 0 Å². The van der Waals surface area contributed by atoms with Gasteiger partial charge in [0.15, 0.2) is 0 Å². The average Bonchev–Trinajstić information content (AvgIpc) is 2.44. The van der Waals surface area contributed by atoms with Crippen LogP contribution in [0.15, 0.2) is 49.6 Å². The van der Waals surface area contributed by atoms with Gasteiger partial charge in [0.1, 0.15) is 12.4 Å². The molecular weight excluding hydrogens is 240 g/mol. The quantitative estimate of drug-likeness (QED) is 0.453. The zero-order valence-electron chi connectivity index (χ0n) is 11.3. The van der Waals surface area contributed by atoms with Gasteiger partial charge in [-0.05, 0) is 18.1 Å². The van der Waals surface area contributed by atoms with Gasteiger partial charge in [-0.3, -0.25) is 0 Å². The van der Waals surface area contributed by atoms with Gasteiger partial charge in [-0.2, -0.15) is 0 Å². The summed E-state index contributed by atoms with van der Waals surface area (Å²) in [5.41, 5.74) is 1.15. The predicted molar refractivity (Wildman–Crippen MR) is 77.7 cm³/mol. The Morgan fingerprint density at radius 3 is 2.42 bits per heavy atom. The Morgan fingerprint density at radius 1 is 0.895 bits per heavy atom. The molecule has 0 fully saturated rings. The Morgan fingerprint density at radius 2 is 1.63 bits per heavy atom. The lowest BCUT2D eigenvalue weighted by Gasteiger charge is -2.10. The van der Waals surface area contributed by atoms with Gasteiger partial charge >= 0.3 is 0 Å². The second-order valence-electron chi connectivity index (χ2n) is 3.92. The summed E-state index contributed by atoms with van der Waals surface area (Å²) in [7, 11) is 0. The first-order valence-corrected chi connectivity index (χ1v) is 6.46. The molecule has 0 atom stereocenters. The van der Waals surface area contributed by atoms with Gasteiger partial charge in [0, 0.05) is 0 Å². The summed E-state index contributed by atoms with van der Waals surface area (Å²) in [6, 6.07) is 7.97. The molecule has 0 saturated carbocycles. The fraction of sp³-hybridized carbons (Fsp3) is 0.375. The second kappa shape index (κ2) is 10.4. The molecular formula is C16H22O3. The highest BCUT2D eigenvalue weighted by molar-refractivity contribution is 5.34. The third kappa shape index (κ3) is 6.79. The Hall–Kier alpha value is -1.58. The summed E-state index contributed by atoms with van der Waals surface area (Å²) in [5.74, 6) is 0.897. The lowest BCUT2D eigenvalue weighted by atomic mass is 10.1. The van der Waals surface area contributed by atoms with Gasteiger partial charge < -0.3 is 14.2 Å².